The summed E-state index contributed by atoms with van der Waals surface area (Å²) >= 11 is 0. The van der Waals surface area contributed by atoms with E-state index in [4.69, 9.17) is 14.1 Å². The smallest absolute Gasteiger partial charge is 0.223 e. The van der Waals surface area contributed by atoms with Gasteiger partial charge >= 0.3 is 0 Å². The lowest BCUT2D eigenvalue weighted by Crippen LogP contribution is -2.30. The highest BCUT2D eigenvalue weighted by Gasteiger charge is 2.26. The van der Waals surface area contributed by atoms with E-state index in [9.17, 15) is 4.79 Å². The average molecular weight is 376 g/mol. The van der Waals surface area contributed by atoms with Crippen molar-refractivity contribution in [2.24, 2.45) is 0 Å². The van der Waals surface area contributed by atoms with Crippen LogP contribution >= 0.6 is 0 Å². The van der Waals surface area contributed by atoms with Crippen LogP contribution in [-0.2, 0) is 16.0 Å². The van der Waals surface area contributed by atoms with Gasteiger partial charge in [-0.3, -0.25) is 4.79 Å². The fraction of sp³-hybridized carbons (Fsp3) is 0.304. The molecule has 0 spiro atoms. The van der Waals surface area contributed by atoms with E-state index >= 15 is 0 Å². The minimum absolute atomic E-state index is 0.125. The molecule has 0 radical (unpaired) electrons. The van der Waals surface area contributed by atoms with Crippen LogP contribution in [-0.4, -0.2) is 42.1 Å². The first-order valence-electron chi connectivity index (χ1n) is 9.65. The zero-order valence-electron chi connectivity index (χ0n) is 16.0. The number of benzene rings is 2. The van der Waals surface area contributed by atoms with Crippen LogP contribution in [0.5, 0.6) is 0 Å². The highest BCUT2D eigenvalue weighted by molar-refractivity contribution is 5.78. The fourth-order valence-electron chi connectivity index (χ4n) is 3.57. The zero-order valence-corrected chi connectivity index (χ0v) is 16.0. The molecule has 0 saturated carbocycles. The number of oxazole rings is 1. The first-order chi connectivity index (χ1) is 13.7. The summed E-state index contributed by atoms with van der Waals surface area (Å²) in [5, 5.41) is 0. The lowest BCUT2D eigenvalue weighted by atomic mass is 10.1. The number of carbonyl (C=O) groups is 1. The summed E-state index contributed by atoms with van der Waals surface area (Å²) in [6.07, 6.45) is 1.93. The van der Waals surface area contributed by atoms with E-state index in [-0.39, 0.29) is 12.0 Å². The summed E-state index contributed by atoms with van der Waals surface area (Å²) in [7, 11) is 1.70. The molecular formula is C23H24N2O3. The van der Waals surface area contributed by atoms with Crippen molar-refractivity contribution in [1.82, 2.24) is 9.88 Å². The highest BCUT2D eigenvalue weighted by Crippen LogP contribution is 2.32. The molecule has 1 fully saturated rings. The van der Waals surface area contributed by atoms with Crippen LogP contribution in [0.2, 0.25) is 0 Å². The highest BCUT2D eigenvalue weighted by atomic mass is 16.5. The molecule has 1 saturated heterocycles. The fourth-order valence-corrected chi connectivity index (χ4v) is 3.57. The van der Waals surface area contributed by atoms with Gasteiger partial charge < -0.3 is 14.1 Å². The molecule has 5 nitrogen and oxygen atoms in total. The quantitative estimate of drug-likeness (QED) is 0.647. The molecular weight excluding hydrogens is 352 g/mol. The third-order valence-electron chi connectivity index (χ3n) is 5.14. The molecule has 1 aromatic heterocycles. The molecule has 1 aliphatic rings. The summed E-state index contributed by atoms with van der Waals surface area (Å²) in [6.45, 7) is 1.43. The van der Waals surface area contributed by atoms with Crippen LogP contribution in [0.15, 0.2) is 65.1 Å². The Balaban J connectivity index is 1.53. The SMILES string of the molecule is COC1CCN(C(=O)CCc2nc(-c3ccccc3)c(-c3ccccc3)o2)C1. The van der Waals surface area contributed by atoms with Crippen LogP contribution in [0.25, 0.3) is 22.6 Å². The maximum absolute atomic E-state index is 12.5. The summed E-state index contributed by atoms with van der Waals surface area (Å²) in [5.74, 6) is 1.46. The molecule has 2 heterocycles. The molecule has 1 atom stereocenters. The van der Waals surface area contributed by atoms with Gasteiger partial charge in [0.15, 0.2) is 11.7 Å². The van der Waals surface area contributed by atoms with Gasteiger partial charge in [-0.05, 0) is 6.42 Å². The Morgan fingerprint density at radius 2 is 1.79 bits per heavy atom. The first kappa shape index (κ1) is 18.4. The van der Waals surface area contributed by atoms with Crippen molar-refractivity contribution in [3.63, 3.8) is 0 Å². The molecule has 3 aromatic rings. The standard InChI is InChI=1S/C23H24N2O3/c1-27-19-14-15-25(16-19)21(26)13-12-20-24-22(17-8-4-2-5-9-17)23(28-20)18-10-6-3-7-11-18/h2-11,19H,12-16H2,1H3. The van der Waals surface area contributed by atoms with Gasteiger partial charge in [-0.2, -0.15) is 0 Å². The van der Waals surface area contributed by atoms with Crippen molar-refractivity contribution in [3.8, 4) is 22.6 Å². The van der Waals surface area contributed by atoms with Crippen LogP contribution < -0.4 is 0 Å². The maximum Gasteiger partial charge on any atom is 0.223 e. The van der Waals surface area contributed by atoms with Crippen molar-refractivity contribution >= 4 is 5.91 Å². The third-order valence-corrected chi connectivity index (χ3v) is 5.14. The van der Waals surface area contributed by atoms with Gasteiger partial charge in [0.1, 0.15) is 5.69 Å². The van der Waals surface area contributed by atoms with E-state index in [1.807, 2.05) is 65.6 Å². The van der Waals surface area contributed by atoms with Gasteiger partial charge in [-0.15, -0.1) is 0 Å². The van der Waals surface area contributed by atoms with Crippen LogP contribution in [0.1, 0.15) is 18.7 Å². The molecule has 5 heteroatoms. The number of methoxy groups -OCH3 is 1. The minimum atomic E-state index is 0.125. The Kier molecular flexibility index (Phi) is 5.53. The van der Waals surface area contributed by atoms with Gasteiger partial charge in [-0.25, -0.2) is 4.98 Å². The Hall–Kier alpha value is -2.92. The molecule has 1 amide bonds. The molecule has 144 valence electrons. The van der Waals surface area contributed by atoms with E-state index in [0.717, 1.165) is 35.5 Å². The van der Waals surface area contributed by atoms with E-state index in [1.54, 1.807) is 7.11 Å². The second kappa shape index (κ2) is 8.40. The molecule has 28 heavy (non-hydrogen) atoms. The zero-order chi connectivity index (χ0) is 19.3. The molecule has 0 bridgehead atoms. The Morgan fingerprint density at radius 3 is 2.43 bits per heavy atom. The van der Waals surface area contributed by atoms with Crippen molar-refractivity contribution < 1.29 is 13.9 Å². The predicted octanol–water partition coefficient (Wildman–Crippen LogP) is 4.19. The Bertz CT molecular complexity index is 865. The van der Waals surface area contributed by atoms with E-state index in [1.165, 1.54) is 0 Å². The Morgan fingerprint density at radius 1 is 1.11 bits per heavy atom. The molecule has 0 N–H and O–H groups in total. The van der Waals surface area contributed by atoms with Crippen molar-refractivity contribution in [2.45, 2.75) is 25.4 Å². The van der Waals surface area contributed by atoms with Crippen molar-refractivity contribution in [1.29, 1.82) is 0 Å². The van der Waals surface area contributed by atoms with Crippen molar-refractivity contribution in [2.75, 3.05) is 20.2 Å². The van der Waals surface area contributed by atoms with Gasteiger partial charge in [0, 0.05) is 44.2 Å². The minimum Gasteiger partial charge on any atom is -0.440 e. The summed E-state index contributed by atoms with van der Waals surface area (Å²) in [5.41, 5.74) is 2.80. The van der Waals surface area contributed by atoms with E-state index < -0.39 is 0 Å². The second-order valence-electron chi connectivity index (χ2n) is 7.00. The van der Waals surface area contributed by atoms with Crippen molar-refractivity contribution in [3.05, 3.63) is 66.6 Å². The number of likely N-dealkylation sites (tertiary alicyclic amines) is 1. The monoisotopic (exact) mass is 376 g/mol. The number of rotatable bonds is 6. The third kappa shape index (κ3) is 3.99. The molecule has 4 rings (SSSR count). The number of aryl methyl sites for hydroxylation is 1. The van der Waals surface area contributed by atoms with Gasteiger partial charge in [0.05, 0.1) is 6.10 Å². The normalized spacial score (nSPS) is 16.5. The van der Waals surface area contributed by atoms with Gasteiger partial charge in [0.2, 0.25) is 5.91 Å². The summed E-state index contributed by atoms with van der Waals surface area (Å²) in [4.78, 5) is 19.1. The van der Waals surface area contributed by atoms with Crippen LogP contribution in [0.4, 0.5) is 0 Å². The summed E-state index contributed by atoms with van der Waals surface area (Å²) in [6, 6.07) is 20.0. The molecule has 0 aliphatic carbocycles. The van der Waals surface area contributed by atoms with Crippen LogP contribution in [0, 0.1) is 0 Å². The lowest BCUT2D eigenvalue weighted by molar-refractivity contribution is -0.130. The number of hydrogen-bond donors (Lipinski definition) is 0. The number of amides is 1. The van der Waals surface area contributed by atoms with Gasteiger partial charge in [0.25, 0.3) is 0 Å². The maximum atomic E-state index is 12.5. The number of ether oxygens (including phenoxy) is 1. The van der Waals surface area contributed by atoms with Gasteiger partial charge in [-0.1, -0.05) is 60.7 Å². The number of nitrogens with zero attached hydrogens (tertiary/aromatic N) is 2. The first-order valence-corrected chi connectivity index (χ1v) is 9.65. The largest absolute Gasteiger partial charge is 0.440 e. The molecule has 1 aliphatic heterocycles. The second-order valence-corrected chi connectivity index (χ2v) is 7.00. The Labute approximate surface area is 165 Å². The topological polar surface area (TPSA) is 55.6 Å². The van der Waals surface area contributed by atoms with Crippen LogP contribution in [0.3, 0.4) is 0 Å². The summed E-state index contributed by atoms with van der Waals surface area (Å²) < 4.78 is 11.5. The number of hydrogen-bond acceptors (Lipinski definition) is 4. The average Bonchev–Trinajstić information content (AvgIpc) is 3.41. The van der Waals surface area contributed by atoms with E-state index in [0.29, 0.717) is 25.3 Å². The number of aromatic nitrogens is 1. The lowest BCUT2D eigenvalue weighted by Gasteiger charge is -2.15. The molecule has 2 aromatic carbocycles. The van der Waals surface area contributed by atoms with E-state index in [2.05, 4.69) is 0 Å². The molecule has 1 unspecified atom stereocenters. The predicted molar refractivity (Wildman–Crippen MR) is 108 cm³/mol. The number of carbonyl (C=O) groups excluding carboxylic acids is 1.